The van der Waals surface area contributed by atoms with Gasteiger partial charge in [0, 0.05) is 20.4 Å². The molecule has 2 nitrogen and oxygen atoms in total. The van der Waals surface area contributed by atoms with E-state index in [1.165, 1.54) is 11.3 Å². The molecule has 0 unspecified atom stereocenters. The van der Waals surface area contributed by atoms with E-state index in [2.05, 4.69) is 29.6 Å². The number of hydrogen-bond donors (Lipinski definition) is 0. The smallest absolute Gasteiger partial charge is 0 e. The fourth-order valence-electron chi connectivity index (χ4n) is 0.391. The molecule has 0 fully saturated rings. The quantitative estimate of drug-likeness (QED) is 0.734. The van der Waals surface area contributed by atoms with Gasteiger partial charge in [0.1, 0.15) is 0 Å². The third-order valence-electron chi connectivity index (χ3n) is 0.833. The Kier molecular flexibility index (Phi) is 4.21. The second-order valence-corrected chi connectivity index (χ2v) is 2.69. The molecule has 0 spiro atoms. The van der Waals surface area contributed by atoms with Crippen molar-refractivity contribution in [1.82, 2.24) is 10.2 Å². The Balaban J connectivity index is 0.000000640. The molecule has 4 heteroatoms. The molecule has 0 saturated carbocycles. The third kappa shape index (κ3) is 2.53. The first-order chi connectivity index (χ1) is 3.80. The fourth-order valence-corrected chi connectivity index (χ4v) is 0.883. The van der Waals surface area contributed by atoms with Gasteiger partial charge < -0.3 is 11.3 Å². The zero-order valence-electron chi connectivity index (χ0n) is 5.26. The van der Waals surface area contributed by atoms with Crippen LogP contribution in [0.4, 0.5) is 0 Å². The maximum atomic E-state index is 3.83. The first-order valence-electron chi connectivity index (χ1n) is 2.50. The zero-order chi connectivity index (χ0) is 5.98. The summed E-state index contributed by atoms with van der Waals surface area (Å²) < 4.78 is 0. The fraction of sp³-hybridized carbons (Fsp3) is 0.600. The number of aromatic nitrogens is 2. The van der Waals surface area contributed by atoms with Gasteiger partial charge in [-0.25, -0.2) is 0 Å². The second-order valence-electron chi connectivity index (χ2n) is 1.89. The molecule has 0 saturated heterocycles. The average molecular weight is 313 g/mol. The van der Waals surface area contributed by atoms with Crippen molar-refractivity contribution in [3.63, 3.8) is 0 Å². The molecule has 0 aliphatic carbocycles. The summed E-state index contributed by atoms with van der Waals surface area (Å²) in [5.74, 6) is 0.499. The molecule has 1 aromatic rings. The van der Waals surface area contributed by atoms with E-state index in [9.17, 15) is 0 Å². The van der Waals surface area contributed by atoms with E-state index in [4.69, 9.17) is 0 Å². The van der Waals surface area contributed by atoms with E-state index in [0.717, 1.165) is 5.01 Å². The van der Waals surface area contributed by atoms with Crippen LogP contribution in [-0.2, 0) is 20.4 Å². The van der Waals surface area contributed by atoms with Crippen molar-refractivity contribution in [3.05, 3.63) is 10.5 Å². The molecule has 0 aromatic carbocycles. The Morgan fingerprint density at radius 1 is 1.56 bits per heavy atom. The molecule has 9 heavy (non-hydrogen) atoms. The minimum absolute atomic E-state index is 0. The van der Waals surface area contributed by atoms with Gasteiger partial charge in [-0.1, -0.05) is 25.3 Å². The van der Waals surface area contributed by atoms with Gasteiger partial charge in [0.2, 0.25) is 0 Å². The van der Waals surface area contributed by atoms with Crippen LogP contribution in [-0.4, -0.2) is 10.2 Å². The van der Waals surface area contributed by atoms with Crippen molar-refractivity contribution in [1.29, 1.82) is 0 Å². The van der Waals surface area contributed by atoms with Gasteiger partial charge in [-0.3, -0.25) is 10.2 Å². The van der Waals surface area contributed by atoms with Gasteiger partial charge >= 0.3 is 0 Å². The molecule has 0 aliphatic rings. The summed E-state index contributed by atoms with van der Waals surface area (Å²) in [4.78, 5) is 0. The van der Waals surface area contributed by atoms with Gasteiger partial charge in [-0.15, -0.1) is 0 Å². The van der Waals surface area contributed by atoms with Gasteiger partial charge in [-0.2, -0.15) is 0 Å². The zero-order valence-corrected chi connectivity index (χ0v) is 8.79. The van der Waals surface area contributed by atoms with E-state index >= 15 is 0 Å². The molecule has 1 heterocycles. The van der Waals surface area contributed by atoms with Crippen molar-refractivity contribution < 1.29 is 20.4 Å². The summed E-state index contributed by atoms with van der Waals surface area (Å²) in [6.45, 7) is 4.18. The Morgan fingerprint density at radius 2 is 2.22 bits per heavy atom. The number of hydrogen-bond acceptors (Lipinski definition) is 3. The molecule has 1 radical (unpaired) electrons. The van der Waals surface area contributed by atoms with Gasteiger partial charge in [0.25, 0.3) is 0 Å². The standard InChI is InChI=1S/C5H7N2S.Re/c1-4(2)5-7-6-3-8-5;/h4H,1-2H3;/q-1;. The predicted molar refractivity (Wildman–Crippen MR) is 32.8 cm³/mol. The summed E-state index contributed by atoms with van der Waals surface area (Å²) in [6.07, 6.45) is 0. The molecular formula is C5H7N2ReS-. The largest absolute Gasteiger partial charge is 0.315 e. The molecule has 0 bridgehead atoms. The Morgan fingerprint density at radius 3 is 2.44 bits per heavy atom. The Bertz CT molecular complexity index is 150. The van der Waals surface area contributed by atoms with Gasteiger partial charge in [-0.05, 0) is 5.01 Å². The van der Waals surface area contributed by atoms with Crippen molar-refractivity contribution in [2.24, 2.45) is 0 Å². The first-order valence-corrected chi connectivity index (χ1v) is 3.32. The van der Waals surface area contributed by atoms with Crippen LogP contribution in [0, 0.1) is 5.51 Å². The number of nitrogens with zero attached hydrogens (tertiary/aromatic N) is 2. The van der Waals surface area contributed by atoms with Crippen LogP contribution < -0.4 is 0 Å². The number of rotatable bonds is 1. The maximum Gasteiger partial charge on any atom is 0 e. The van der Waals surface area contributed by atoms with E-state index in [-0.39, 0.29) is 20.4 Å². The summed E-state index contributed by atoms with van der Waals surface area (Å²) in [5, 5.41) is 8.48. The predicted octanol–water partition coefficient (Wildman–Crippen LogP) is 1.46. The topological polar surface area (TPSA) is 25.8 Å². The van der Waals surface area contributed by atoms with E-state index < -0.39 is 0 Å². The SMILES string of the molecule is CC(C)c1nn[c-]s1.[Re]. The molecule has 0 amide bonds. The molecule has 0 N–H and O–H groups in total. The monoisotopic (exact) mass is 314 g/mol. The first kappa shape index (κ1) is 9.22. The van der Waals surface area contributed by atoms with Crippen molar-refractivity contribution in [2.45, 2.75) is 19.8 Å². The van der Waals surface area contributed by atoms with Crippen LogP contribution >= 0.6 is 11.3 Å². The molecule has 1 rings (SSSR count). The third-order valence-corrected chi connectivity index (χ3v) is 1.77. The molecule has 0 atom stereocenters. The Hall–Kier alpha value is 0.222. The van der Waals surface area contributed by atoms with Crippen molar-refractivity contribution in [2.75, 3.05) is 0 Å². The van der Waals surface area contributed by atoms with Crippen molar-refractivity contribution >= 4 is 11.3 Å². The Labute approximate surface area is 72.4 Å². The van der Waals surface area contributed by atoms with E-state index in [1.54, 1.807) is 0 Å². The van der Waals surface area contributed by atoms with Gasteiger partial charge in [0.05, 0.1) is 0 Å². The summed E-state index contributed by atoms with van der Waals surface area (Å²) in [5.41, 5.74) is 2.69. The maximum absolute atomic E-state index is 3.83. The van der Waals surface area contributed by atoms with Crippen LogP contribution in [0.15, 0.2) is 0 Å². The molecule has 51 valence electrons. The molecule has 0 aliphatic heterocycles. The molecular weight excluding hydrogens is 306 g/mol. The van der Waals surface area contributed by atoms with Crippen LogP contribution in [0.25, 0.3) is 0 Å². The normalized spacial score (nSPS) is 9.22. The van der Waals surface area contributed by atoms with Crippen LogP contribution in [0.5, 0.6) is 0 Å². The van der Waals surface area contributed by atoms with E-state index in [1.807, 2.05) is 0 Å². The summed E-state index contributed by atoms with van der Waals surface area (Å²) in [6, 6.07) is 0. The summed E-state index contributed by atoms with van der Waals surface area (Å²) >= 11 is 1.48. The van der Waals surface area contributed by atoms with Crippen LogP contribution in [0.2, 0.25) is 0 Å². The minimum Gasteiger partial charge on any atom is -0.315 e. The van der Waals surface area contributed by atoms with Crippen molar-refractivity contribution in [3.8, 4) is 0 Å². The van der Waals surface area contributed by atoms with E-state index in [0.29, 0.717) is 5.92 Å². The van der Waals surface area contributed by atoms with Gasteiger partial charge in [0.15, 0.2) is 0 Å². The molecule has 1 aromatic heterocycles. The summed E-state index contributed by atoms with van der Waals surface area (Å²) in [7, 11) is 0. The second kappa shape index (κ2) is 4.10. The minimum atomic E-state index is 0. The van der Waals surface area contributed by atoms with Crippen LogP contribution in [0.3, 0.4) is 0 Å². The van der Waals surface area contributed by atoms with Crippen LogP contribution in [0.1, 0.15) is 24.8 Å². The average Bonchev–Trinajstić information content (AvgIpc) is 2.12.